The van der Waals surface area contributed by atoms with Gasteiger partial charge in [-0.3, -0.25) is 0 Å². The molecule has 1 saturated carbocycles. The maximum absolute atomic E-state index is 4.35. The summed E-state index contributed by atoms with van der Waals surface area (Å²) in [5.74, 6) is 0.854. The van der Waals surface area contributed by atoms with Crippen molar-refractivity contribution in [3.8, 4) is 0 Å². The van der Waals surface area contributed by atoms with Crippen LogP contribution < -0.4 is 5.32 Å². The lowest BCUT2D eigenvalue weighted by Gasteiger charge is -2.13. The van der Waals surface area contributed by atoms with Crippen molar-refractivity contribution in [3.63, 3.8) is 0 Å². The maximum Gasteiger partial charge on any atom is 0.0795 e. The molecule has 0 aliphatic heterocycles. The van der Waals surface area contributed by atoms with E-state index in [9.17, 15) is 0 Å². The minimum Gasteiger partial charge on any atom is -0.309 e. The zero-order valence-corrected chi connectivity index (χ0v) is 8.10. The molecule has 1 aromatic rings. The summed E-state index contributed by atoms with van der Waals surface area (Å²) >= 11 is 1.69. The number of nitrogens with zero attached hydrogens (tertiary/aromatic N) is 1. The number of nitrogens with one attached hydrogen (secondary N) is 1. The zero-order valence-electron chi connectivity index (χ0n) is 7.29. The molecular formula is C9H14N2S. The number of thiazole rings is 1. The Morgan fingerprint density at radius 2 is 2.58 bits per heavy atom. The number of hydrogen-bond donors (Lipinski definition) is 1. The van der Waals surface area contributed by atoms with Gasteiger partial charge in [-0.25, -0.2) is 4.98 Å². The molecule has 2 nitrogen and oxygen atoms in total. The summed E-state index contributed by atoms with van der Waals surface area (Å²) in [7, 11) is 0. The molecule has 2 rings (SSSR count). The van der Waals surface area contributed by atoms with Crippen molar-refractivity contribution >= 4 is 11.3 Å². The van der Waals surface area contributed by atoms with Crippen molar-refractivity contribution in [1.29, 1.82) is 0 Å². The van der Waals surface area contributed by atoms with E-state index in [1.165, 1.54) is 18.5 Å². The summed E-state index contributed by atoms with van der Waals surface area (Å²) in [6, 6.07) is 0.529. The molecule has 0 spiro atoms. The summed E-state index contributed by atoms with van der Waals surface area (Å²) in [5, 5.41) is 5.65. The predicted molar refractivity (Wildman–Crippen MR) is 51.3 cm³/mol. The molecule has 1 heterocycles. The molecule has 0 radical (unpaired) electrons. The molecular weight excluding hydrogens is 168 g/mol. The van der Waals surface area contributed by atoms with E-state index >= 15 is 0 Å². The van der Waals surface area contributed by atoms with E-state index in [1.807, 2.05) is 5.51 Å². The fraction of sp³-hybridized carbons (Fsp3) is 0.667. The van der Waals surface area contributed by atoms with Gasteiger partial charge >= 0.3 is 0 Å². The Morgan fingerprint density at radius 3 is 3.08 bits per heavy atom. The normalized spacial score (nSPS) is 19.4. The van der Waals surface area contributed by atoms with Gasteiger partial charge in [0.2, 0.25) is 0 Å². The van der Waals surface area contributed by atoms with Crippen molar-refractivity contribution in [2.24, 2.45) is 5.92 Å². The molecule has 1 fully saturated rings. The van der Waals surface area contributed by atoms with Crippen LogP contribution in [0.4, 0.5) is 0 Å². The van der Waals surface area contributed by atoms with Gasteiger partial charge in [0.1, 0.15) is 0 Å². The van der Waals surface area contributed by atoms with E-state index in [-0.39, 0.29) is 0 Å². The van der Waals surface area contributed by atoms with Crippen molar-refractivity contribution in [2.75, 3.05) is 6.54 Å². The fourth-order valence-electron chi connectivity index (χ4n) is 1.54. The summed E-state index contributed by atoms with van der Waals surface area (Å²) < 4.78 is 0. The smallest absolute Gasteiger partial charge is 0.0795 e. The first-order chi connectivity index (χ1) is 5.92. The highest BCUT2D eigenvalue weighted by atomic mass is 32.1. The highest BCUT2D eigenvalue weighted by molar-refractivity contribution is 7.07. The molecule has 1 N–H and O–H groups in total. The Bertz CT molecular complexity index is 229. The van der Waals surface area contributed by atoms with E-state index in [2.05, 4.69) is 22.6 Å². The Morgan fingerprint density at radius 1 is 1.75 bits per heavy atom. The van der Waals surface area contributed by atoms with Crippen LogP contribution in [0.3, 0.4) is 0 Å². The fourth-order valence-corrected chi connectivity index (χ4v) is 2.13. The first kappa shape index (κ1) is 8.20. The Kier molecular flexibility index (Phi) is 2.42. The predicted octanol–water partition coefficient (Wildman–Crippen LogP) is 2.20. The zero-order chi connectivity index (χ0) is 8.39. The van der Waals surface area contributed by atoms with E-state index in [0.29, 0.717) is 6.04 Å². The van der Waals surface area contributed by atoms with Crippen LogP contribution >= 0.6 is 11.3 Å². The first-order valence-electron chi connectivity index (χ1n) is 4.53. The van der Waals surface area contributed by atoms with Crippen LogP contribution in [-0.4, -0.2) is 11.5 Å². The molecule has 1 aromatic heterocycles. The van der Waals surface area contributed by atoms with Gasteiger partial charge in [0.05, 0.1) is 17.2 Å². The summed E-state index contributed by atoms with van der Waals surface area (Å²) in [6.45, 7) is 3.19. The Balaban J connectivity index is 2.05. The second-order valence-corrected chi connectivity index (χ2v) is 4.00. The average Bonchev–Trinajstić information content (AvgIpc) is 2.77. The van der Waals surface area contributed by atoms with Crippen molar-refractivity contribution in [3.05, 3.63) is 16.6 Å². The third-order valence-corrected chi connectivity index (χ3v) is 2.89. The summed E-state index contributed by atoms with van der Waals surface area (Å²) in [6.07, 6.45) is 2.74. The highest BCUT2D eigenvalue weighted by Gasteiger charge is 2.32. The van der Waals surface area contributed by atoms with Gasteiger partial charge in [-0.2, -0.15) is 0 Å². The van der Waals surface area contributed by atoms with E-state index in [1.54, 1.807) is 11.3 Å². The minimum atomic E-state index is 0.529. The summed E-state index contributed by atoms with van der Waals surface area (Å²) in [5.41, 5.74) is 3.16. The Hall–Kier alpha value is -0.410. The number of hydrogen-bond acceptors (Lipinski definition) is 3. The Labute approximate surface area is 77.0 Å². The first-order valence-corrected chi connectivity index (χ1v) is 5.47. The van der Waals surface area contributed by atoms with Crippen LogP contribution in [0.5, 0.6) is 0 Å². The summed E-state index contributed by atoms with van der Waals surface area (Å²) in [4.78, 5) is 4.35. The topological polar surface area (TPSA) is 24.9 Å². The third-order valence-electron chi connectivity index (χ3n) is 2.29. The lowest BCUT2D eigenvalue weighted by atomic mass is 10.1. The number of aromatic nitrogens is 1. The average molecular weight is 182 g/mol. The standard InChI is InChI=1S/C9H14N2S/c1-2-10-9(7-3-4-7)8-5-12-6-11-8/h5-7,9-10H,2-4H2,1H3. The minimum absolute atomic E-state index is 0.529. The van der Waals surface area contributed by atoms with E-state index in [0.717, 1.165) is 12.5 Å². The van der Waals surface area contributed by atoms with Gasteiger partial charge in [-0.05, 0) is 25.3 Å². The lowest BCUT2D eigenvalue weighted by molar-refractivity contribution is 0.487. The van der Waals surface area contributed by atoms with Crippen molar-refractivity contribution in [1.82, 2.24) is 10.3 Å². The van der Waals surface area contributed by atoms with Gasteiger partial charge in [0, 0.05) is 5.38 Å². The van der Waals surface area contributed by atoms with E-state index < -0.39 is 0 Å². The molecule has 1 aliphatic carbocycles. The van der Waals surface area contributed by atoms with Gasteiger partial charge in [0.25, 0.3) is 0 Å². The van der Waals surface area contributed by atoms with Crippen LogP contribution in [0.1, 0.15) is 31.5 Å². The molecule has 12 heavy (non-hydrogen) atoms. The van der Waals surface area contributed by atoms with Crippen LogP contribution in [0.25, 0.3) is 0 Å². The third kappa shape index (κ3) is 1.67. The van der Waals surface area contributed by atoms with E-state index in [4.69, 9.17) is 0 Å². The lowest BCUT2D eigenvalue weighted by Crippen LogP contribution is -2.22. The van der Waals surface area contributed by atoms with Crippen LogP contribution in [0.15, 0.2) is 10.9 Å². The maximum atomic E-state index is 4.35. The molecule has 0 aromatic carbocycles. The highest BCUT2D eigenvalue weighted by Crippen LogP contribution is 2.40. The van der Waals surface area contributed by atoms with Crippen molar-refractivity contribution in [2.45, 2.75) is 25.8 Å². The van der Waals surface area contributed by atoms with Crippen LogP contribution in [0.2, 0.25) is 0 Å². The molecule has 0 bridgehead atoms. The van der Waals surface area contributed by atoms with Gasteiger partial charge < -0.3 is 5.32 Å². The molecule has 0 amide bonds. The molecule has 66 valence electrons. The van der Waals surface area contributed by atoms with Gasteiger partial charge in [0.15, 0.2) is 0 Å². The van der Waals surface area contributed by atoms with Gasteiger partial charge in [-0.15, -0.1) is 11.3 Å². The molecule has 0 saturated heterocycles. The van der Waals surface area contributed by atoms with Crippen LogP contribution in [0, 0.1) is 5.92 Å². The molecule has 1 unspecified atom stereocenters. The van der Waals surface area contributed by atoms with Gasteiger partial charge in [-0.1, -0.05) is 6.92 Å². The molecule has 1 aliphatic rings. The van der Waals surface area contributed by atoms with Crippen LogP contribution in [-0.2, 0) is 0 Å². The van der Waals surface area contributed by atoms with Crippen molar-refractivity contribution < 1.29 is 0 Å². The second kappa shape index (κ2) is 3.54. The molecule has 1 atom stereocenters. The monoisotopic (exact) mass is 182 g/mol. The second-order valence-electron chi connectivity index (χ2n) is 3.29. The SMILES string of the molecule is CCNC(c1cscn1)C1CC1. The number of rotatable bonds is 4. The molecule has 3 heteroatoms. The largest absolute Gasteiger partial charge is 0.309 e. The quantitative estimate of drug-likeness (QED) is 0.772.